The number of carbonyl (C=O) groups is 3. The smallest absolute Gasteiger partial charge is 0.306 e. The molecule has 1 atom stereocenters. The molecule has 0 spiro atoms. The minimum atomic E-state index is -0.788. The van der Waals surface area contributed by atoms with Crippen molar-refractivity contribution in [1.29, 1.82) is 0 Å². The van der Waals surface area contributed by atoms with Gasteiger partial charge in [0.05, 0.1) is 0 Å². The Hall–Kier alpha value is -2.89. The predicted molar refractivity (Wildman–Crippen MR) is 298 cm³/mol. The van der Waals surface area contributed by atoms with E-state index < -0.39 is 6.10 Å². The lowest BCUT2D eigenvalue weighted by atomic mass is 10.0. The molecule has 0 amide bonds. The molecule has 0 aliphatic heterocycles. The standard InChI is InChI=1S/C63H112O6/c1-4-7-10-13-16-19-21-23-25-27-29-30-31-32-34-35-37-39-41-44-47-50-53-56-62(65)68-59-60(58-67-61(64)55-52-49-46-43-18-15-12-9-6-3)69-63(66)57-54-51-48-45-42-40-38-36-33-28-26-24-22-20-17-14-11-8-5-2/h8,11,17,20,24,26,33,36,40,42,60H,4-7,9-10,12-16,18-19,21-23,25,27-32,34-35,37-39,41,43-59H2,1-3H3/b11-8-,20-17-,26-24-,36-33-,42-40-. The molecule has 0 aliphatic rings. The molecule has 69 heavy (non-hydrogen) atoms. The van der Waals surface area contributed by atoms with Crippen LogP contribution in [0.2, 0.25) is 0 Å². The van der Waals surface area contributed by atoms with Gasteiger partial charge >= 0.3 is 17.9 Å². The molecule has 0 fully saturated rings. The van der Waals surface area contributed by atoms with E-state index in [-0.39, 0.29) is 31.1 Å². The van der Waals surface area contributed by atoms with Gasteiger partial charge in [0.15, 0.2) is 6.10 Å². The Labute approximate surface area is 428 Å². The minimum absolute atomic E-state index is 0.0840. The summed E-state index contributed by atoms with van der Waals surface area (Å²) in [6, 6.07) is 0. The minimum Gasteiger partial charge on any atom is -0.462 e. The highest BCUT2D eigenvalue weighted by Crippen LogP contribution is 2.17. The first-order valence-electron chi connectivity index (χ1n) is 29.8. The van der Waals surface area contributed by atoms with E-state index in [1.54, 1.807) is 0 Å². The monoisotopic (exact) mass is 965 g/mol. The van der Waals surface area contributed by atoms with E-state index >= 15 is 0 Å². The van der Waals surface area contributed by atoms with Gasteiger partial charge in [-0.15, -0.1) is 0 Å². The highest BCUT2D eigenvalue weighted by molar-refractivity contribution is 5.71. The lowest BCUT2D eigenvalue weighted by Gasteiger charge is -2.18. The van der Waals surface area contributed by atoms with Gasteiger partial charge in [-0.3, -0.25) is 14.4 Å². The van der Waals surface area contributed by atoms with Crippen LogP contribution in [0.25, 0.3) is 0 Å². The fourth-order valence-corrected chi connectivity index (χ4v) is 8.59. The second-order valence-corrected chi connectivity index (χ2v) is 19.9. The average Bonchev–Trinajstić information content (AvgIpc) is 3.35. The topological polar surface area (TPSA) is 78.9 Å². The third-order valence-electron chi connectivity index (χ3n) is 13.0. The van der Waals surface area contributed by atoms with E-state index in [9.17, 15) is 14.4 Å². The first-order valence-corrected chi connectivity index (χ1v) is 29.8. The number of hydrogen-bond donors (Lipinski definition) is 0. The van der Waals surface area contributed by atoms with Gasteiger partial charge < -0.3 is 14.2 Å². The summed E-state index contributed by atoms with van der Waals surface area (Å²) in [5.41, 5.74) is 0. The second-order valence-electron chi connectivity index (χ2n) is 19.9. The van der Waals surface area contributed by atoms with Crippen molar-refractivity contribution in [3.63, 3.8) is 0 Å². The summed E-state index contributed by atoms with van der Waals surface area (Å²) in [7, 11) is 0. The van der Waals surface area contributed by atoms with Gasteiger partial charge in [-0.25, -0.2) is 0 Å². The van der Waals surface area contributed by atoms with Crippen LogP contribution in [0.15, 0.2) is 60.8 Å². The van der Waals surface area contributed by atoms with Crippen LogP contribution in [0.3, 0.4) is 0 Å². The maximum Gasteiger partial charge on any atom is 0.306 e. The van der Waals surface area contributed by atoms with Crippen molar-refractivity contribution in [3.05, 3.63) is 60.8 Å². The number of allylic oxidation sites excluding steroid dienone is 10. The summed E-state index contributed by atoms with van der Waals surface area (Å²) in [6.45, 7) is 6.51. The van der Waals surface area contributed by atoms with Crippen molar-refractivity contribution >= 4 is 17.9 Å². The maximum atomic E-state index is 12.8. The summed E-state index contributed by atoms with van der Waals surface area (Å²) in [4.78, 5) is 38.1. The summed E-state index contributed by atoms with van der Waals surface area (Å²) in [5, 5.41) is 0. The van der Waals surface area contributed by atoms with Crippen LogP contribution in [0.5, 0.6) is 0 Å². The van der Waals surface area contributed by atoms with E-state index in [0.29, 0.717) is 19.3 Å². The Bertz CT molecular complexity index is 1250. The third kappa shape index (κ3) is 55.9. The zero-order valence-electron chi connectivity index (χ0n) is 45.8. The molecule has 0 aromatic rings. The van der Waals surface area contributed by atoms with Crippen LogP contribution in [0.1, 0.15) is 303 Å². The quantitative estimate of drug-likeness (QED) is 0.0262. The average molecular weight is 966 g/mol. The number of carbonyl (C=O) groups excluding carboxylic acids is 3. The molecule has 0 heterocycles. The van der Waals surface area contributed by atoms with Crippen molar-refractivity contribution in [2.45, 2.75) is 309 Å². The van der Waals surface area contributed by atoms with Crippen LogP contribution in [0, 0.1) is 0 Å². The van der Waals surface area contributed by atoms with Crippen molar-refractivity contribution in [1.82, 2.24) is 0 Å². The molecule has 0 bridgehead atoms. The number of hydrogen-bond acceptors (Lipinski definition) is 6. The van der Waals surface area contributed by atoms with Gasteiger partial charge in [0, 0.05) is 19.3 Å². The van der Waals surface area contributed by atoms with Gasteiger partial charge in [0.1, 0.15) is 13.2 Å². The first kappa shape index (κ1) is 66.1. The number of esters is 3. The number of unbranched alkanes of at least 4 members (excludes halogenated alkanes) is 33. The van der Waals surface area contributed by atoms with Gasteiger partial charge in [-0.1, -0.05) is 281 Å². The maximum absolute atomic E-state index is 12.8. The van der Waals surface area contributed by atoms with Crippen molar-refractivity contribution in [2.24, 2.45) is 0 Å². The molecule has 0 rings (SSSR count). The summed E-state index contributed by atoms with van der Waals surface area (Å²) in [5.74, 6) is -0.906. The Balaban J connectivity index is 4.26. The molecule has 0 radical (unpaired) electrons. The largest absolute Gasteiger partial charge is 0.462 e. The molecule has 0 aliphatic carbocycles. The highest BCUT2D eigenvalue weighted by atomic mass is 16.6. The molecule has 0 aromatic heterocycles. The Kier molecular flexibility index (Phi) is 55.3. The Morgan fingerprint density at radius 2 is 0.565 bits per heavy atom. The zero-order chi connectivity index (χ0) is 50.0. The number of ether oxygens (including phenoxy) is 3. The predicted octanol–water partition coefficient (Wildman–Crippen LogP) is 20.0. The van der Waals surface area contributed by atoms with Crippen LogP contribution < -0.4 is 0 Å². The highest BCUT2D eigenvalue weighted by Gasteiger charge is 2.19. The van der Waals surface area contributed by atoms with Crippen LogP contribution in [-0.4, -0.2) is 37.2 Å². The molecule has 0 N–H and O–H groups in total. The third-order valence-corrected chi connectivity index (χ3v) is 13.0. The summed E-state index contributed by atoms with van der Waals surface area (Å²) >= 11 is 0. The van der Waals surface area contributed by atoms with Gasteiger partial charge in [-0.05, 0) is 64.2 Å². The van der Waals surface area contributed by atoms with Crippen molar-refractivity contribution < 1.29 is 28.6 Å². The molecule has 6 nitrogen and oxygen atoms in total. The Morgan fingerprint density at radius 1 is 0.304 bits per heavy atom. The molecule has 0 saturated heterocycles. The van der Waals surface area contributed by atoms with Crippen LogP contribution in [-0.2, 0) is 28.6 Å². The lowest BCUT2D eigenvalue weighted by molar-refractivity contribution is -0.167. The van der Waals surface area contributed by atoms with Gasteiger partial charge in [0.25, 0.3) is 0 Å². The van der Waals surface area contributed by atoms with E-state index in [0.717, 1.165) is 96.3 Å². The zero-order valence-corrected chi connectivity index (χ0v) is 45.8. The molecule has 1 unspecified atom stereocenters. The molecule has 0 aromatic carbocycles. The molecular formula is C63H112O6. The fourth-order valence-electron chi connectivity index (χ4n) is 8.59. The second kappa shape index (κ2) is 57.7. The molecule has 0 saturated carbocycles. The van der Waals surface area contributed by atoms with Gasteiger partial charge in [0.2, 0.25) is 0 Å². The number of rotatable bonds is 54. The van der Waals surface area contributed by atoms with Crippen LogP contribution in [0.4, 0.5) is 0 Å². The fraction of sp³-hybridized carbons (Fsp3) is 0.794. The summed E-state index contributed by atoms with van der Waals surface area (Å²) in [6.07, 6.45) is 72.3. The van der Waals surface area contributed by atoms with E-state index in [2.05, 4.69) is 81.5 Å². The Morgan fingerprint density at radius 3 is 0.884 bits per heavy atom. The van der Waals surface area contributed by atoms with Crippen molar-refractivity contribution in [3.8, 4) is 0 Å². The molecular weight excluding hydrogens is 853 g/mol. The normalized spacial score (nSPS) is 12.4. The van der Waals surface area contributed by atoms with Crippen molar-refractivity contribution in [2.75, 3.05) is 13.2 Å². The van der Waals surface area contributed by atoms with E-state index in [4.69, 9.17) is 14.2 Å². The SMILES string of the molecule is CC/C=C\C/C=C\C/C=C\C/C=C\C/C=C\CCCCCC(=O)OC(COC(=O)CCCCCCCCCCC)COC(=O)CCCCCCCCCCCCCCCCCCCCCCCCC. The van der Waals surface area contributed by atoms with Gasteiger partial charge in [-0.2, -0.15) is 0 Å². The van der Waals surface area contributed by atoms with Crippen LogP contribution >= 0.6 is 0 Å². The van der Waals surface area contributed by atoms with E-state index in [1.165, 1.54) is 167 Å². The molecule has 6 heteroatoms. The first-order chi connectivity index (χ1) is 34.0. The lowest BCUT2D eigenvalue weighted by Crippen LogP contribution is -2.30. The molecule has 400 valence electrons. The van der Waals surface area contributed by atoms with E-state index in [1.807, 2.05) is 0 Å². The summed E-state index contributed by atoms with van der Waals surface area (Å²) < 4.78 is 16.8.